The Morgan fingerprint density at radius 3 is 1.41 bits per heavy atom. The van der Waals surface area contributed by atoms with E-state index in [1.54, 1.807) is 0 Å². The lowest BCUT2D eigenvalue weighted by Crippen LogP contribution is -2.47. The van der Waals surface area contributed by atoms with Gasteiger partial charge >= 0.3 is 11.2 Å². The highest BCUT2D eigenvalue weighted by Gasteiger charge is 2.60. The molecule has 0 aliphatic rings. The number of rotatable bonds is 13. The van der Waals surface area contributed by atoms with Crippen molar-refractivity contribution in [2.75, 3.05) is 26.2 Å². The van der Waals surface area contributed by atoms with Gasteiger partial charge in [0, 0.05) is 6.42 Å². The van der Waals surface area contributed by atoms with E-state index in [4.69, 9.17) is 0 Å². The fourth-order valence-electron chi connectivity index (χ4n) is 2.80. The minimum atomic E-state index is -6.34. The average Bonchev–Trinajstić information content (AvgIpc) is 2.60. The molecule has 0 aliphatic carbocycles. The predicted octanol–water partition coefficient (Wildman–Crippen LogP) is 5.39. The van der Waals surface area contributed by atoms with E-state index in [1.807, 2.05) is 6.92 Å². The van der Waals surface area contributed by atoms with Crippen LogP contribution in [0, 0.1) is 0 Å². The Morgan fingerprint density at radius 2 is 1.11 bits per heavy atom. The molecule has 0 aromatic rings. The molecule has 9 heteroatoms. The number of alkyl halides is 4. The average molecular weight is 424 g/mol. The molecule has 0 aromatic heterocycles. The fourth-order valence-corrected chi connectivity index (χ4v) is 3.27. The van der Waals surface area contributed by atoms with Gasteiger partial charge in [-0.3, -0.25) is 0 Å². The van der Waals surface area contributed by atoms with Crippen LogP contribution in [-0.2, 0) is 10.1 Å². The van der Waals surface area contributed by atoms with Crippen LogP contribution in [0.4, 0.5) is 17.6 Å². The SMILES string of the molecule is CCCCCCCCC(F)(F)C(F)(F)S(=O)(=O)[O-].CC[N+](CC)(CC)CC. The molecule has 0 aliphatic heterocycles. The molecule has 0 unspecified atom stereocenters. The smallest absolute Gasteiger partial charge is 0.396 e. The Morgan fingerprint density at radius 1 is 0.741 bits per heavy atom. The first-order chi connectivity index (χ1) is 12.3. The molecule has 0 saturated carbocycles. The summed E-state index contributed by atoms with van der Waals surface area (Å²) in [6, 6.07) is 0. The second-order valence-corrected chi connectivity index (χ2v) is 8.22. The monoisotopic (exact) mass is 423 g/mol. The van der Waals surface area contributed by atoms with E-state index in [2.05, 4.69) is 27.7 Å². The van der Waals surface area contributed by atoms with Crippen LogP contribution in [0.15, 0.2) is 0 Å². The Bertz CT molecular complexity index is 463. The van der Waals surface area contributed by atoms with Crippen LogP contribution in [0.3, 0.4) is 0 Å². The molecule has 0 atom stereocenters. The molecule has 0 spiro atoms. The van der Waals surface area contributed by atoms with E-state index in [1.165, 1.54) is 30.7 Å². The first-order valence-corrected chi connectivity index (χ1v) is 11.3. The molecule has 166 valence electrons. The van der Waals surface area contributed by atoms with Gasteiger partial charge in [-0.25, -0.2) is 8.42 Å². The number of unbranched alkanes of at least 4 members (excludes halogenated alkanes) is 5. The molecule has 0 aromatic carbocycles. The van der Waals surface area contributed by atoms with Gasteiger partial charge in [-0.15, -0.1) is 0 Å². The van der Waals surface area contributed by atoms with Gasteiger partial charge in [-0.1, -0.05) is 39.0 Å². The van der Waals surface area contributed by atoms with Crippen LogP contribution in [0.25, 0.3) is 0 Å². The number of nitrogens with zero attached hydrogens (tertiary/aromatic N) is 1. The fraction of sp³-hybridized carbons (Fsp3) is 1.00. The standard InChI is InChI=1S/C10H18F4O3S.C8H20N/c1-2-3-4-5-6-7-8-9(11,12)10(13,14)18(15,16)17;1-5-9(6-2,7-3)8-4/h2-8H2,1H3,(H,15,16,17);5-8H2,1-4H3/q;+1/p-1. The third-order valence-corrected chi connectivity index (χ3v) is 6.19. The maximum Gasteiger partial charge on any atom is 0.396 e. The molecule has 0 bridgehead atoms. The molecule has 0 amide bonds. The van der Waals surface area contributed by atoms with Crippen molar-refractivity contribution in [1.82, 2.24) is 0 Å². The molecule has 0 rings (SSSR count). The van der Waals surface area contributed by atoms with Gasteiger partial charge in [0.15, 0.2) is 10.1 Å². The van der Waals surface area contributed by atoms with E-state index >= 15 is 0 Å². The Hall–Kier alpha value is -0.410. The minimum absolute atomic E-state index is 0.234. The van der Waals surface area contributed by atoms with Crippen LogP contribution in [0.5, 0.6) is 0 Å². The van der Waals surface area contributed by atoms with E-state index in [0.29, 0.717) is 12.8 Å². The first kappa shape index (κ1) is 28.8. The summed E-state index contributed by atoms with van der Waals surface area (Å²) >= 11 is 0. The van der Waals surface area contributed by atoms with E-state index in [9.17, 15) is 30.5 Å². The van der Waals surface area contributed by atoms with Gasteiger partial charge in [-0.05, 0) is 34.1 Å². The Balaban J connectivity index is 0. The Kier molecular flexibility index (Phi) is 13.8. The van der Waals surface area contributed by atoms with Crippen LogP contribution >= 0.6 is 0 Å². The summed E-state index contributed by atoms with van der Waals surface area (Å²) in [5, 5.41) is -5.54. The maximum absolute atomic E-state index is 12.9. The van der Waals surface area contributed by atoms with Crippen LogP contribution in [-0.4, -0.2) is 54.8 Å². The lowest BCUT2D eigenvalue weighted by Gasteiger charge is -2.34. The molecular formula is C18H37F4NO3S. The summed E-state index contributed by atoms with van der Waals surface area (Å²) < 4.78 is 82.8. The third-order valence-electron chi connectivity index (χ3n) is 5.27. The van der Waals surface area contributed by atoms with Gasteiger partial charge in [0.2, 0.25) is 0 Å². The van der Waals surface area contributed by atoms with Crippen LogP contribution in [0.1, 0.15) is 79.6 Å². The van der Waals surface area contributed by atoms with E-state index in [0.717, 1.165) is 19.3 Å². The minimum Gasteiger partial charge on any atom is -0.743 e. The molecule has 0 radical (unpaired) electrons. The zero-order valence-corrected chi connectivity index (χ0v) is 18.2. The third kappa shape index (κ3) is 9.56. The second kappa shape index (κ2) is 12.9. The van der Waals surface area contributed by atoms with Crippen molar-refractivity contribution in [3.8, 4) is 0 Å². The van der Waals surface area contributed by atoms with Crippen LogP contribution < -0.4 is 0 Å². The zero-order valence-electron chi connectivity index (χ0n) is 17.4. The van der Waals surface area contributed by atoms with Gasteiger partial charge in [0.05, 0.1) is 26.2 Å². The molecule has 0 saturated heterocycles. The molecule has 0 fully saturated rings. The second-order valence-electron chi connectivity index (χ2n) is 6.80. The topological polar surface area (TPSA) is 57.2 Å². The quantitative estimate of drug-likeness (QED) is 0.173. The first-order valence-electron chi connectivity index (χ1n) is 9.86. The zero-order chi connectivity index (χ0) is 21.8. The predicted molar refractivity (Wildman–Crippen MR) is 100 cm³/mol. The van der Waals surface area contributed by atoms with Crippen molar-refractivity contribution < 1.29 is 35.0 Å². The highest BCUT2D eigenvalue weighted by molar-refractivity contribution is 7.86. The summed E-state index contributed by atoms with van der Waals surface area (Å²) in [4.78, 5) is 0. The molecule has 0 N–H and O–H groups in total. The summed E-state index contributed by atoms with van der Waals surface area (Å²) in [6.45, 7) is 16.2. The summed E-state index contributed by atoms with van der Waals surface area (Å²) in [5.74, 6) is -4.81. The molecular weight excluding hydrogens is 386 g/mol. The van der Waals surface area contributed by atoms with E-state index in [-0.39, 0.29) is 6.42 Å². The van der Waals surface area contributed by atoms with Crippen molar-refractivity contribution in [2.45, 2.75) is 90.7 Å². The van der Waals surface area contributed by atoms with Gasteiger partial charge in [0.1, 0.15) is 0 Å². The summed E-state index contributed by atoms with van der Waals surface area (Å²) in [7, 11) is -6.34. The summed E-state index contributed by atoms with van der Waals surface area (Å²) in [6.07, 6.45) is 2.11. The van der Waals surface area contributed by atoms with Crippen molar-refractivity contribution in [1.29, 1.82) is 0 Å². The van der Waals surface area contributed by atoms with Crippen molar-refractivity contribution in [3.05, 3.63) is 0 Å². The number of hydrogen-bond donors (Lipinski definition) is 0. The van der Waals surface area contributed by atoms with Crippen molar-refractivity contribution >= 4 is 10.1 Å². The highest BCUT2D eigenvalue weighted by Crippen LogP contribution is 2.41. The maximum atomic E-state index is 12.9. The molecule has 27 heavy (non-hydrogen) atoms. The molecule has 0 heterocycles. The number of hydrogen-bond acceptors (Lipinski definition) is 3. The van der Waals surface area contributed by atoms with Gasteiger partial charge < -0.3 is 9.04 Å². The lowest BCUT2D eigenvalue weighted by molar-refractivity contribution is -0.921. The number of quaternary nitrogens is 1. The highest BCUT2D eigenvalue weighted by atomic mass is 32.2. The number of halogens is 4. The molecule has 4 nitrogen and oxygen atoms in total. The van der Waals surface area contributed by atoms with Crippen LogP contribution in [0.2, 0.25) is 0 Å². The summed E-state index contributed by atoms with van der Waals surface area (Å²) in [5.41, 5.74) is 0. The lowest BCUT2D eigenvalue weighted by atomic mass is 10.1. The van der Waals surface area contributed by atoms with E-state index < -0.39 is 27.7 Å². The van der Waals surface area contributed by atoms with Crippen molar-refractivity contribution in [3.63, 3.8) is 0 Å². The van der Waals surface area contributed by atoms with Crippen molar-refractivity contribution in [2.24, 2.45) is 0 Å². The normalized spacial score (nSPS) is 13.3. The largest absolute Gasteiger partial charge is 0.743 e. The van der Waals surface area contributed by atoms with Gasteiger partial charge in [0.25, 0.3) is 0 Å². The van der Waals surface area contributed by atoms with Gasteiger partial charge in [-0.2, -0.15) is 17.6 Å². The Labute approximate surface area is 162 Å².